The van der Waals surface area contributed by atoms with Gasteiger partial charge in [0.25, 0.3) is 5.69 Å². The fourth-order valence-corrected chi connectivity index (χ4v) is 4.07. The van der Waals surface area contributed by atoms with Crippen LogP contribution in [0.25, 0.3) is 5.69 Å². The Kier molecular flexibility index (Phi) is 6.89. The van der Waals surface area contributed by atoms with Crippen molar-refractivity contribution in [2.45, 2.75) is 43.4 Å². The number of hydrogen-bond donors (Lipinski definition) is 0. The van der Waals surface area contributed by atoms with Gasteiger partial charge in [0.15, 0.2) is 0 Å². The Morgan fingerprint density at radius 1 is 1.13 bits per heavy atom. The third-order valence-corrected chi connectivity index (χ3v) is 6.00. The number of aromatic nitrogens is 2. The van der Waals surface area contributed by atoms with Gasteiger partial charge in [0.05, 0.1) is 32.0 Å². The van der Waals surface area contributed by atoms with E-state index < -0.39 is 4.92 Å². The van der Waals surface area contributed by atoms with Gasteiger partial charge in [0.1, 0.15) is 0 Å². The Labute approximate surface area is 179 Å². The molecule has 0 bridgehead atoms. The number of carbonyl (C=O) groups is 1. The standard InChI is InChI=1S/C22H23N3O4S/c1-4-16(5-2)22(26)29-21-20(30-19-14-10-9-13-18(19)25(27)28)15(3)23-24(21)17-11-7-6-8-12-17/h6-14,16H,4-5H2,1-3H3. The predicted molar refractivity (Wildman–Crippen MR) is 115 cm³/mol. The van der Waals surface area contributed by atoms with Crippen LogP contribution in [-0.4, -0.2) is 20.7 Å². The van der Waals surface area contributed by atoms with E-state index in [0.717, 1.165) is 5.69 Å². The fourth-order valence-electron chi connectivity index (χ4n) is 3.05. The number of rotatable bonds is 8. The van der Waals surface area contributed by atoms with Gasteiger partial charge in [0.2, 0.25) is 5.88 Å². The highest BCUT2D eigenvalue weighted by Gasteiger charge is 2.26. The quantitative estimate of drug-likeness (QED) is 0.266. The van der Waals surface area contributed by atoms with Crippen molar-refractivity contribution in [3.05, 3.63) is 70.4 Å². The maximum atomic E-state index is 12.8. The van der Waals surface area contributed by atoms with Crippen LogP contribution in [0.4, 0.5) is 5.69 Å². The summed E-state index contributed by atoms with van der Waals surface area (Å²) in [7, 11) is 0. The van der Waals surface area contributed by atoms with E-state index in [-0.39, 0.29) is 23.5 Å². The lowest BCUT2D eigenvalue weighted by molar-refractivity contribution is -0.387. The number of benzene rings is 2. The molecule has 7 nitrogen and oxygen atoms in total. The van der Waals surface area contributed by atoms with E-state index in [1.807, 2.05) is 44.2 Å². The monoisotopic (exact) mass is 425 g/mol. The van der Waals surface area contributed by atoms with Gasteiger partial charge < -0.3 is 4.74 Å². The lowest BCUT2D eigenvalue weighted by Gasteiger charge is -2.14. The third-order valence-electron chi connectivity index (χ3n) is 4.76. The first-order valence-electron chi connectivity index (χ1n) is 9.74. The molecule has 8 heteroatoms. The van der Waals surface area contributed by atoms with Crippen LogP contribution >= 0.6 is 11.8 Å². The smallest absolute Gasteiger partial charge is 0.315 e. The summed E-state index contributed by atoms with van der Waals surface area (Å²) in [5, 5.41) is 16.0. The topological polar surface area (TPSA) is 87.3 Å². The molecule has 0 aliphatic rings. The van der Waals surface area contributed by atoms with Crippen molar-refractivity contribution < 1.29 is 14.5 Å². The first-order valence-corrected chi connectivity index (χ1v) is 10.6. The second-order valence-corrected chi connectivity index (χ2v) is 7.78. The van der Waals surface area contributed by atoms with Crippen LogP contribution in [0.5, 0.6) is 5.88 Å². The summed E-state index contributed by atoms with van der Waals surface area (Å²) in [5.41, 5.74) is 1.35. The average molecular weight is 426 g/mol. The number of nitro benzene ring substituents is 1. The molecule has 3 aromatic rings. The number of para-hydroxylation sites is 2. The summed E-state index contributed by atoms with van der Waals surface area (Å²) in [6.07, 6.45) is 1.33. The Bertz CT molecular complexity index is 1050. The van der Waals surface area contributed by atoms with Crippen LogP contribution in [0.15, 0.2) is 64.4 Å². The van der Waals surface area contributed by atoms with E-state index in [1.165, 1.54) is 17.8 Å². The van der Waals surface area contributed by atoms with Crippen molar-refractivity contribution in [3.8, 4) is 11.6 Å². The number of esters is 1. The lowest BCUT2D eigenvalue weighted by atomic mass is 10.0. The number of ether oxygens (including phenoxy) is 1. The number of nitrogens with zero attached hydrogens (tertiary/aromatic N) is 3. The summed E-state index contributed by atoms with van der Waals surface area (Å²) in [5.74, 6) is -0.284. The molecule has 0 radical (unpaired) electrons. The molecule has 30 heavy (non-hydrogen) atoms. The molecule has 0 aliphatic carbocycles. The van der Waals surface area contributed by atoms with Crippen molar-refractivity contribution in [1.82, 2.24) is 9.78 Å². The molecule has 1 heterocycles. The van der Waals surface area contributed by atoms with Crippen LogP contribution in [0.3, 0.4) is 0 Å². The number of carbonyl (C=O) groups excluding carboxylic acids is 1. The number of aryl methyl sites for hydroxylation is 1. The normalized spacial score (nSPS) is 10.9. The minimum Gasteiger partial charge on any atom is -0.406 e. The van der Waals surface area contributed by atoms with Crippen LogP contribution in [0.2, 0.25) is 0 Å². The predicted octanol–water partition coefficient (Wildman–Crippen LogP) is 5.58. The molecule has 0 saturated heterocycles. The molecule has 156 valence electrons. The Hall–Kier alpha value is -3.13. The van der Waals surface area contributed by atoms with E-state index >= 15 is 0 Å². The van der Waals surface area contributed by atoms with Crippen molar-refractivity contribution in [3.63, 3.8) is 0 Å². The lowest BCUT2D eigenvalue weighted by Crippen LogP contribution is -2.21. The second kappa shape index (κ2) is 9.58. The molecule has 0 atom stereocenters. The summed E-state index contributed by atoms with van der Waals surface area (Å²) < 4.78 is 7.42. The Balaban J connectivity index is 2.10. The van der Waals surface area contributed by atoms with Crippen molar-refractivity contribution in [2.75, 3.05) is 0 Å². The first-order chi connectivity index (χ1) is 14.5. The zero-order valence-corrected chi connectivity index (χ0v) is 17.9. The summed E-state index contributed by atoms with van der Waals surface area (Å²) in [4.78, 5) is 24.8. The fraction of sp³-hybridized carbons (Fsp3) is 0.273. The molecular formula is C22H23N3O4S. The van der Waals surface area contributed by atoms with E-state index in [4.69, 9.17) is 4.74 Å². The average Bonchev–Trinajstić information content (AvgIpc) is 3.05. The van der Waals surface area contributed by atoms with Gasteiger partial charge in [-0.2, -0.15) is 9.78 Å². The van der Waals surface area contributed by atoms with Gasteiger partial charge in [-0.25, -0.2) is 0 Å². The zero-order chi connectivity index (χ0) is 21.7. The summed E-state index contributed by atoms with van der Waals surface area (Å²) in [6, 6.07) is 15.8. The van der Waals surface area contributed by atoms with E-state index in [1.54, 1.807) is 29.8 Å². The molecule has 0 amide bonds. The largest absolute Gasteiger partial charge is 0.406 e. The molecule has 1 aromatic heterocycles. The maximum absolute atomic E-state index is 12.8. The third kappa shape index (κ3) is 4.54. The van der Waals surface area contributed by atoms with Gasteiger partial charge in [0, 0.05) is 6.07 Å². The van der Waals surface area contributed by atoms with Gasteiger partial charge in [-0.15, -0.1) is 0 Å². The van der Waals surface area contributed by atoms with Crippen LogP contribution in [0, 0.1) is 23.0 Å². The molecule has 0 aliphatic heterocycles. The minimum atomic E-state index is -0.421. The Morgan fingerprint density at radius 2 is 1.77 bits per heavy atom. The highest BCUT2D eigenvalue weighted by atomic mass is 32.2. The highest BCUT2D eigenvalue weighted by Crippen LogP contribution is 2.42. The van der Waals surface area contributed by atoms with Crippen molar-refractivity contribution >= 4 is 23.4 Å². The second-order valence-electron chi connectivity index (χ2n) is 6.73. The van der Waals surface area contributed by atoms with E-state index in [2.05, 4.69) is 5.10 Å². The number of hydrogen-bond acceptors (Lipinski definition) is 6. The Morgan fingerprint density at radius 3 is 2.40 bits per heavy atom. The maximum Gasteiger partial charge on any atom is 0.315 e. The molecule has 0 fully saturated rings. The summed E-state index contributed by atoms with van der Waals surface area (Å²) in [6.45, 7) is 5.68. The zero-order valence-electron chi connectivity index (χ0n) is 17.1. The molecule has 0 saturated carbocycles. The van der Waals surface area contributed by atoms with Crippen molar-refractivity contribution in [2.24, 2.45) is 5.92 Å². The molecular weight excluding hydrogens is 402 g/mol. The van der Waals surface area contributed by atoms with E-state index in [9.17, 15) is 14.9 Å². The number of nitro groups is 1. The molecule has 3 rings (SSSR count). The van der Waals surface area contributed by atoms with Gasteiger partial charge in [-0.1, -0.05) is 55.9 Å². The first kappa shape index (κ1) is 21.6. The molecule has 2 aromatic carbocycles. The molecule has 0 unspecified atom stereocenters. The van der Waals surface area contributed by atoms with Crippen LogP contribution < -0.4 is 4.74 Å². The van der Waals surface area contributed by atoms with Gasteiger partial charge >= 0.3 is 5.97 Å². The van der Waals surface area contributed by atoms with Gasteiger partial charge in [-0.05, 0) is 38.0 Å². The molecule has 0 N–H and O–H groups in total. The minimum absolute atomic E-state index is 0.00775. The van der Waals surface area contributed by atoms with Crippen LogP contribution in [0.1, 0.15) is 32.4 Å². The SMILES string of the molecule is CCC(CC)C(=O)Oc1c(Sc2ccccc2[N+](=O)[O-])c(C)nn1-c1ccccc1. The molecule has 0 spiro atoms. The van der Waals surface area contributed by atoms with Crippen LogP contribution in [-0.2, 0) is 4.79 Å². The highest BCUT2D eigenvalue weighted by molar-refractivity contribution is 7.99. The van der Waals surface area contributed by atoms with E-state index in [0.29, 0.717) is 28.3 Å². The summed E-state index contributed by atoms with van der Waals surface area (Å²) >= 11 is 1.18. The van der Waals surface area contributed by atoms with Crippen molar-refractivity contribution in [1.29, 1.82) is 0 Å². The van der Waals surface area contributed by atoms with Gasteiger partial charge in [-0.3, -0.25) is 14.9 Å².